The number of carbonyl (C=O) groups excluding carboxylic acids is 1. The van der Waals surface area contributed by atoms with Crippen LogP contribution in [0.5, 0.6) is 0 Å². The highest BCUT2D eigenvalue weighted by Crippen LogP contribution is 2.68. The van der Waals surface area contributed by atoms with Crippen LogP contribution in [0.2, 0.25) is 0 Å². The van der Waals surface area contributed by atoms with Gasteiger partial charge in [-0.15, -0.1) is 0 Å². The second kappa shape index (κ2) is 9.50. The first-order valence-corrected chi connectivity index (χ1v) is 14.0. The summed E-state index contributed by atoms with van der Waals surface area (Å²) in [5.74, 6) is 2.69. The van der Waals surface area contributed by atoms with Crippen molar-refractivity contribution in [2.45, 2.75) is 103 Å². The van der Waals surface area contributed by atoms with Crippen LogP contribution in [0, 0.1) is 46.3 Å². The van der Waals surface area contributed by atoms with Gasteiger partial charge >= 0.3 is 0 Å². The molecule has 196 valence electrons. The van der Waals surface area contributed by atoms with Crippen LogP contribution in [0.3, 0.4) is 0 Å². The third-order valence-electron chi connectivity index (χ3n) is 11.4. The maximum absolute atomic E-state index is 12.5. The molecule has 1 aromatic heterocycles. The predicted octanol–water partition coefficient (Wildman–Crippen LogP) is 4.27. The maximum atomic E-state index is 12.5. The highest BCUT2D eigenvalue weighted by atomic mass is 16.3. The quantitative estimate of drug-likeness (QED) is 0.480. The van der Waals surface area contributed by atoms with Crippen molar-refractivity contribution in [3.05, 3.63) is 24.2 Å². The average Bonchev–Trinajstić information content (AvgIpc) is 3.46. The number of hydrogen-bond donors (Lipinski definition) is 4. The van der Waals surface area contributed by atoms with Gasteiger partial charge in [-0.1, -0.05) is 20.8 Å². The Morgan fingerprint density at radius 1 is 1.14 bits per heavy atom. The number of aliphatic hydroxyl groups excluding tert-OH is 3. The topological polar surface area (TPSA) is 103 Å². The van der Waals surface area contributed by atoms with Crippen LogP contribution in [0.15, 0.2) is 22.8 Å². The molecule has 0 aliphatic heterocycles. The first kappa shape index (κ1) is 25.3. The van der Waals surface area contributed by atoms with Crippen LogP contribution in [0.1, 0.15) is 84.3 Å². The summed E-state index contributed by atoms with van der Waals surface area (Å²) in [4.78, 5) is 12.5. The minimum Gasteiger partial charge on any atom is -0.467 e. The van der Waals surface area contributed by atoms with Gasteiger partial charge in [0.05, 0.1) is 31.1 Å². The van der Waals surface area contributed by atoms with Crippen molar-refractivity contribution >= 4 is 5.91 Å². The Labute approximate surface area is 209 Å². The van der Waals surface area contributed by atoms with E-state index in [0.29, 0.717) is 42.6 Å². The van der Waals surface area contributed by atoms with E-state index in [2.05, 4.69) is 26.1 Å². The summed E-state index contributed by atoms with van der Waals surface area (Å²) in [6, 6.07) is 3.68. The van der Waals surface area contributed by atoms with E-state index in [1.165, 1.54) is 0 Å². The molecule has 6 heteroatoms. The fourth-order valence-corrected chi connectivity index (χ4v) is 9.38. The summed E-state index contributed by atoms with van der Waals surface area (Å²) in [5.41, 5.74) is -0.120. The van der Waals surface area contributed by atoms with Gasteiger partial charge in [-0.05, 0) is 110 Å². The smallest absolute Gasteiger partial charge is 0.220 e. The first-order chi connectivity index (χ1) is 16.6. The van der Waals surface area contributed by atoms with Crippen molar-refractivity contribution in [3.63, 3.8) is 0 Å². The Kier molecular flexibility index (Phi) is 6.86. The van der Waals surface area contributed by atoms with E-state index in [1.54, 1.807) is 6.26 Å². The van der Waals surface area contributed by atoms with Gasteiger partial charge in [-0.25, -0.2) is 0 Å². The molecule has 11 atom stereocenters. The molecule has 0 spiro atoms. The van der Waals surface area contributed by atoms with Crippen LogP contribution < -0.4 is 5.32 Å². The highest BCUT2D eigenvalue weighted by Gasteiger charge is 2.65. The van der Waals surface area contributed by atoms with E-state index in [0.717, 1.165) is 57.1 Å². The Hall–Kier alpha value is -1.37. The Morgan fingerprint density at radius 2 is 1.94 bits per heavy atom. The molecule has 1 amide bonds. The van der Waals surface area contributed by atoms with Gasteiger partial charge in [0.25, 0.3) is 0 Å². The molecule has 0 radical (unpaired) electrons. The number of aliphatic hydroxyl groups is 3. The molecule has 0 saturated heterocycles. The van der Waals surface area contributed by atoms with E-state index < -0.39 is 0 Å². The fourth-order valence-electron chi connectivity index (χ4n) is 9.38. The minimum atomic E-state index is -0.383. The van der Waals surface area contributed by atoms with Crippen molar-refractivity contribution < 1.29 is 24.5 Å². The SMILES string of the molecule is CC(CCC(=O)NCc1ccco1)C1CCC2C3C(O)CC4CC(O)CCC4(C)C3CC(O)C12C. The lowest BCUT2D eigenvalue weighted by Gasteiger charge is -2.63. The molecular weight excluding hydrogens is 442 g/mol. The maximum Gasteiger partial charge on any atom is 0.220 e. The highest BCUT2D eigenvalue weighted by molar-refractivity contribution is 5.75. The zero-order valence-electron chi connectivity index (χ0n) is 21.7. The minimum absolute atomic E-state index is 0.0402. The van der Waals surface area contributed by atoms with E-state index in [4.69, 9.17) is 4.42 Å². The summed E-state index contributed by atoms with van der Waals surface area (Å²) in [5, 5.41) is 36.3. The van der Waals surface area contributed by atoms with Crippen LogP contribution in [-0.2, 0) is 11.3 Å². The van der Waals surface area contributed by atoms with Gasteiger partial charge < -0.3 is 25.1 Å². The van der Waals surface area contributed by atoms with Gasteiger partial charge in [0.1, 0.15) is 5.76 Å². The van der Waals surface area contributed by atoms with Crippen molar-refractivity contribution in [2.24, 2.45) is 46.3 Å². The van der Waals surface area contributed by atoms with Gasteiger partial charge in [0.15, 0.2) is 0 Å². The number of carbonyl (C=O) groups is 1. The molecule has 6 nitrogen and oxygen atoms in total. The second-order valence-electron chi connectivity index (χ2n) is 12.9. The Balaban J connectivity index is 1.26. The molecule has 0 aromatic carbocycles. The number of nitrogens with one attached hydrogen (secondary N) is 1. The number of amides is 1. The molecule has 4 aliphatic carbocycles. The monoisotopic (exact) mass is 487 g/mol. The molecule has 4 N–H and O–H groups in total. The molecule has 4 fully saturated rings. The van der Waals surface area contributed by atoms with Gasteiger partial charge in [0.2, 0.25) is 5.91 Å². The van der Waals surface area contributed by atoms with Crippen LogP contribution >= 0.6 is 0 Å². The van der Waals surface area contributed by atoms with Crippen LogP contribution in [-0.4, -0.2) is 39.5 Å². The summed E-state index contributed by atoms with van der Waals surface area (Å²) >= 11 is 0. The summed E-state index contributed by atoms with van der Waals surface area (Å²) < 4.78 is 5.30. The summed E-state index contributed by atoms with van der Waals surface area (Å²) in [7, 11) is 0. The van der Waals surface area contributed by atoms with Crippen molar-refractivity contribution in [2.75, 3.05) is 0 Å². The predicted molar refractivity (Wildman–Crippen MR) is 133 cm³/mol. The van der Waals surface area contributed by atoms with Crippen molar-refractivity contribution in [3.8, 4) is 0 Å². The molecule has 4 saturated carbocycles. The number of fused-ring (bicyclic) bond motifs is 5. The molecule has 4 aliphatic rings. The Morgan fingerprint density at radius 3 is 2.69 bits per heavy atom. The van der Waals surface area contributed by atoms with E-state index in [1.807, 2.05) is 12.1 Å². The van der Waals surface area contributed by atoms with Gasteiger partial charge in [0, 0.05) is 6.42 Å². The summed E-state index contributed by atoms with van der Waals surface area (Å²) in [6.45, 7) is 7.31. The third-order valence-corrected chi connectivity index (χ3v) is 11.4. The van der Waals surface area contributed by atoms with E-state index in [-0.39, 0.29) is 41.0 Å². The molecule has 5 rings (SSSR count). The van der Waals surface area contributed by atoms with E-state index in [9.17, 15) is 20.1 Å². The number of rotatable bonds is 6. The fraction of sp³-hybridized carbons (Fsp3) is 0.828. The lowest BCUT2D eigenvalue weighted by molar-refractivity contribution is -0.207. The van der Waals surface area contributed by atoms with E-state index >= 15 is 0 Å². The molecule has 1 aromatic rings. The normalized spacial score (nSPS) is 45.8. The van der Waals surface area contributed by atoms with Crippen LogP contribution in [0.25, 0.3) is 0 Å². The summed E-state index contributed by atoms with van der Waals surface area (Å²) in [6.07, 6.45) is 8.19. The Bertz CT molecular complexity index is 888. The zero-order valence-corrected chi connectivity index (χ0v) is 21.7. The third kappa shape index (κ3) is 4.27. The molecular formula is C29H45NO5. The lowest BCUT2D eigenvalue weighted by Crippen LogP contribution is -2.62. The second-order valence-corrected chi connectivity index (χ2v) is 12.9. The van der Waals surface area contributed by atoms with Gasteiger partial charge in [-0.2, -0.15) is 0 Å². The first-order valence-electron chi connectivity index (χ1n) is 14.0. The zero-order chi connectivity index (χ0) is 25.0. The molecule has 1 heterocycles. The van der Waals surface area contributed by atoms with Crippen molar-refractivity contribution in [1.29, 1.82) is 0 Å². The lowest BCUT2D eigenvalue weighted by atomic mass is 9.43. The molecule has 35 heavy (non-hydrogen) atoms. The molecule has 11 unspecified atom stereocenters. The average molecular weight is 488 g/mol. The number of hydrogen-bond acceptors (Lipinski definition) is 5. The van der Waals surface area contributed by atoms with Crippen molar-refractivity contribution in [1.82, 2.24) is 5.32 Å². The standard InChI is InChI=1S/C29H45NO5/c1-17(6-9-26(34)30-16-20-5-4-12-35-20)21-7-8-22-27-23(15-25(33)29(21,22)3)28(2)11-10-19(31)13-18(28)14-24(27)32/h4-5,12,17-19,21-25,27,31-33H,6-11,13-16H2,1-3H3,(H,30,34). The molecule has 0 bridgehead atoms. The van der Waals surface area contributed by atoms with Gasteiger partial charge in [-0.3, -0.25) is 4.79 Å². The van der Waals surface area contributed by atoms with Crippen LogP contribution in [0.4, 0.5) is 0 Å². The number of furan rings is 1. The largest absolute Gasteiger partial charge is 0.467 e.